The number of aliphatic hydroxyl groups excluding tert-OH is 1. The number of carbonyl (C=O) groups is 1. The first-order valence-corrected chi connectivity index (χ1v) is 11.9. The predicted octanol–water partition coefficient (Wildman–Crippen LogP) is 3.12. The lowest BCUT2D eigenvalue weighted by atomic mass is 10.1. The molecule has 2 aromatic rings. The van der Waals surface area contributed by atoms with Gasteiger partial charge in [-0.2, -0.15) is 0 Å². The quantitative estimate of drug-likeness (QED) is 0.600. The zero-order valence-electron chi connectivity index (χ0n) is 16.0. The topological polar surface area (TPSA) is 46.5 Å². The molecule has 3 rings (SSSR count). The summed E-state index contributed by atoms with van der Waals surface area (Å²) in [4.78, 5) is 11.9. The van der Waals surface area contributed by atoms with Crippen LogP contribution in [0.4, 0.5) is 0 Å². The normalized spacial score (nSPS) is 22.7. The van der Waals surface area contributed by atoms with Gasteiger partial charge in [-0.15, -0.1) is 11.8 Å². The van der Waals surface area contributed by atoms with E-state index < -0.39 is 19.2 Å². The molecule has 2 aromatic carbocycles. The van der Waals surface area contributed by atoms with Crippen LogP contribution in [0, 0.1) is 0 Å². The Bertz CT molecular complexity index is 762. The Morgan fingerprint density at radius 1 is 1.07 bits per heavy atom. The molecular weight excluding hydrogens is 372 g/mol. The number of aldehydes is 1. The maximum atomic E-state index is 11.9. The first kappa shape index (κ1) is 20.1. The van der Waals surface area contributed by atoms with Gasteiger partial charge in [-0.05, 0) is 26.9 Å². The lowest BCUT2D eigenvalue weighted by Gasteiger charge is -2.44. The van der Waals surface area contributed by atoms with Gasteiger partial charge in [-0.25, -0.2) is 0 Å². The van der Waals surface area contributed by atoms with Gasteiger partial charge >= 0.3 is 0 Å². The molecule has 1 heterocycles. The molecule has 2 atom stereocenters. The summed E-state index contributed by atoms with van der Waals surface area (Å²) in [5.41, 5.74) is 0. The van der Waals surface area contributed by atoms with Crippen LogP contribution in [0.3, 0.4) is 0 Å². The molecule has 1 N–H and O–H groups in total. The van der Waals surface area contributed by atoms with Crippen LogP contribution < -0.4 is 10.4 Å². The van der Waals surface area contributed by atoms with Crippen LogP contribution in [0.5, 0.6) is 0 Å². The van der Waals surface area contributed by atoms with Crippen LogP contribution in [-0.2, 0) is 9.22 Å². The van der Waals surface area contributed by atoms with Crippen molar-refractivity contribution >= 4 is 36.7 Å². The Labute approximate surface area is 166 Å². The SMILES string of the molecule is CC(C)(C)[Si](OC[C@@]1(C=O)SC=C[C@H]1O)(c1ccccc1)c1ccccc1. The van der Waals surface area contributed by atoms with Gasteiger partial charge in [0.05, 0.1) is 12.7 Å². The van der Waals surface area contributed by atoms with E-state index in [2.05, 4.69) is 45.0 Å². The molecule has 0 fully saturated rings. The van der Waals surface area contributed by atoms with Gasteiger partial charge in [0, 0.05) is 0 Å². The number of rotatable bonds is 6. The molecule has 0 aromatic heterocycles. The summed E-state index contributed by atoms with van der Waals surface area (Å²) in [6, 6.07) is 20.6. The highest BCUT2D eigenvalue weighted by molar-refractivity contribution is 8.04. The lowest BCUT2D eigenvalue weighted by Crippen LogP contribution is -2.68. The van der Waals surface area contributed by atoms with Crippen molar-refractivity contribution in [3.63, 3.8) is 0 Å². The van der Waals surface area contributed by atoms with E-state index in [1.807, 2.05) is 36.4 Å². The minimum absolute atomic E-state index is 0.165. The Morgan fingerprint density at radius 3 is 1.96 bits per heavy atom. The van der Waals surface area contributed by atoms with Crippen LogP contribution in [-0.4, -0.2) is 37.2 Å². The summed E-state index contributed by atoms with van der Waals surface area (Å²) in [7, 11) is -2.72. The second-order valence-electron chi connectivity index (χ2n) is 7.92. The minimum atomic E-state index is -2.72. The highest BCUT2D eigenvalue weighted by Gasteiger charge is 2.52. The van der Waals surface area contributed by atoms with Crippen LogP contribution >= 0.6 is 11.8 Å². The largest absolute Gasteiger partial charge is 0.405 e. The molecule has 0 aliphatic carbocycles. The first-order valence-electron chi connectivity index (χ1n) is 9.10. The van der Waals surface area contributed by atoms with Crippen molar-refractivity contribution in [1.29, 1.82) is 0 Å². The van der Waals surface area contributed by atoms with Crippen molar-refractivity contribution in [2.24, 2.45) is 0 Å². The van der Waals surface area contributed by atoms with Crippen molar-refractivity contribution in [3.8, 4) is 0 Å². The molecular formula is C22H26O3SSi. The second-order valence-corrected chi connectivity index (χ2v) is 13.5. The van der Waals surface area contributed by atoms with E-state index in [0.29, 0.717) is 0 Å². The van der Waals surface area contributed by atoms with E-state index in [1.165, 1.54) is 11.8 Å². The molecule has 0 bridgehead atoms. The van der Waals surface area contributed by atoms with Crippen molar-refractivity contribution in [2.45, 2.75) is 36.7 Å². The van der Waals surface area contributed by atoms with Gasteiger partial charge in [0.1, 0.15) is 11.0 Å². The van der Waals surface area contributed by atoms with Crippen LogP contribution in [0.1, 0.15) is 20.8 Å². The van der Waals surface area contributed by atoms with Crippen LogP contribution in [0.15, 0.2) is 72.1 Å². The minimum Gasteiger partial charge on any atom is -0.405 e. The molecule has 0 amide bonds. The van der Waals surface area contributed by atoms with E-state index in [9.17, 15) is 9.90 Å². The molecule has 27 heavy (non-hydrogen) atoms. The summed E-state index contributed by atoms with van der Waals surface area (Å²) in [6.07, 6.45) is 1.66. The van der Waals surface area contributed by atoms with Gasteiger partial charge in [0.15, 0.2) is 0 Å². The number of carbonyl (C=O) groups excluding carboxylic acids is 1. The molecule has 5 heteroatoms. The number of aliphatic hydroxyl groups is 1. The van der Waals surface area contributed by atoms with Crippen molar-refractivity contribution < 1.29 is 14.3 Å². The molecule has 3 nitrogen and oxygen atoms in total. The average Bonchev–Trinajstić information content (AvgIpc) is 3.04. The van der Waals surface area contributed by atoms with Gasteiger partial charge < -0.3 is 14.3 Å². The highest BCUT2D eigenvalue weighted by Crippen LogP contribution is 2.40. The Morgan fingerprint density at radius 2 is 1.59 bits per heavy atom. The van der Waals surface area contributed by atoms with Crippen LogP contribution in [0.25, 0.3) is 0 Å². The molecule has 142 valence electrons. The Balaban J connectivity index is 2.11. The predicted molar refractivity (Wildman–Crippen MR) is 115 cm³/mol. The van der Waals surface area contributed by atoms with Crippen LogP contribution in [0.2, 0.25) is 5.04 Å². The van der Waals surface area contributed by atoms with E-state index in [1.54, 1.807) is 11.5 Å². The van der Waals surface area contributed by atoms with Gasteiger partial charge in [-0.1, -0.05) is 81.4 Å². The molecule has 1 aliphatic rings. The summed E-state index contributed by atoms with van der Waals surface area (Å²) in [5, 5.41) is 14.3. The zero-order valence-corrected chi connectivity index (χ0v) is 17.8. The smallest absolute Gasteiger partial charge is 0.261 e. The molecule has 0 unspecified atom stereocenters. The average molecular weight is 399 g/mol. The summed E-state index contributed by atoms with van der Waals surface area (Å²) in [5.74, 6) is 0. The van der Waals surface area contributed by atoms with E-state index in [0.717, 1.165) is 16.7 Å². The second kappa shape index (κ2) is 7.76. The van der Waals surface area contributed by atoms with Crippen molar-refractivity contribution in [2.75, 3.05) is 6.61 Å². The number of thioether (sulfide) groups is 1. The third kappa shape index (κ3) is 3.57. The fourth-order valence-corrected chi connectivity index (χ4v) is 9.30. The summed E-state index contributed by atoms with van der Waals surface area (Å²) in [6.45, 7) is 6.76. The fourth-order valence-electron chi connectivity index (χ4n) is 3.71. The van der Waals surface area contributed by atoms with Gasteiger partial charge in [0.2, 0.25) is 0 Å². The fraction of sp³-hybridized carbons (Fsp3) is 0.318. The zero-order chi connectivity index (χ0) is 19.5. The Hall–Kier alpha value is -1.66. The Kier molecular flexibility index (Phi) is 5.77. The molecule has 0 saturated heterocycles. The van der Waals surface area contributed by atoms with E-state index in [-0.39, 0.29) is 11.6 Å². The van der Waals surface area contributed by atoms with E-state index >= 15 is 0 Å². The number of benzene rings is 2. The van der Waals surface area contributed by atoms with Gasteiger partial charge in [-0.3, -0.25) is 0 Å². The summed E-state index contributed by atoms with van der Waals surface area (Å²) >= 11 is 1.34. The molecule has 0 saturated carbocycles. The first-order chi connectivity index (χ1) is 12.9. The van der Waals surface area contributed by atoms with Gasteiger partial charge in [0.25, 0.3) is 8.32 Å². The lowest BCUT2D eigenvalue weighted by molar-refractivity contribution is -0.112. The standard InChI is InChI=1S/C22H26O3SSi/c1-21(2,3)27(18-10-6-4-7-11-18,19-12-8-5-9-13-19)25-17-22(16-23)20(24)14-15-26-22/h4-16,20,24H,17H2,1-3H3/t20-,22-/m1/s1. The third-order valence-electron chi connectivity index (χ3n) is 5.18. The molecule has 1 aliphatic heterocycles. The maximum Gasteiger partial charge on any atom is 0.261 e. The maximum absolute atomic E-state index is 11.9. The molecule has 0 radical (unpaired) electrons. The van der Waals surface area contributed by atoms with Crippen molar-refractivity contribution in [1.82, 2.24) is 0 Å². The van der Waals surface area contributed by atoms with E-state index in [4.69, 9.17) is 4.43 Å². The highest BCUT2D eigenvalue weighted by atomic mass is 32.2. The third-order valence-corrected chi connectivity index (χ3v) is 11.3. The number of hydrogen-bond acceptors (Lipinski definition) is 4. The monoisotopic (exact) mass is 398 g/mol. The summed E-state index contributed by atoms with van der Waals surface area (Å²) < 4.78 is 5.82. The molecule has 0 spiro atoms. The van der Waals surface area contributed by atoms with Crippen molar-refractivity contribution in [3.05, 3.63) is 72.1 Å². The number of hydrogen-bond donors (Lipinski definition) is 1.